The van der Waals surface area contributed by atoms with Crippen molar-refractivity contribution in [3.05, 3.63) is 24.0 Å². The molecule has 1 fully saturated rings. The number of halogens is 3. The van der Waals surface area contributed by atoms with E-state index in [-0.39, 0.29) is 6.04 Å². The summed E-state index contributed by atoms with van der Waals surface area (Å²) in [4.78, 5) is 5.52. The lowest BCUT2D eigenvalue weighted by molar-refractivity contribution is -0.147. The summed E-state index contributed by atoms with van der Waals surface area (Å²) in [6.07, 6.45) is 0.846. The standard InChI is InChI=1S/C13H18F3N3/c1-10-2-5-17-8-12(10)18-11-3-6-19(7-4-11)9-13(14,15)16/h2,5,8,11,18H,3-4,6-7,9H2,1H3. The fourth-order valence-corrected chi connectivity index (χ4v) is 2.32. The first-order valence-corrected chi connectivity index (χ1v) is 6.40. The lowest BCUT2D eigenvalue weighted by Crippen LogP contribution is -2.43. The summed E-state index contributed by atoms with van der Waals surface area (Å²) in [7, 11) is 0. The molecule has 1 N–H and O–H groups in total. The van der Waals surface area contributed by atoms with E-state index in [1.165, 1.54) is 4.90 Å². The number of rotatable bonds is 3. The van der Waals surface area contributed by atoms with E-state index >= 15 is 0 Å². The normalized spacial score (nSPS) is 18.5. The van der Waals surface area contributed by atoms with E-state index < -0.39 is 12.7 Å². The van der Waals surface area contributed by atoms with Crippen LogP contribution in [0.2, 0.25) is 0 Å². The third-order valence-electron chi connectivity index (χ3n) is 3.39. The van der Waals surface area contributed by atoms with Gasteiger partial charge in [-0.15, -0.1) is 0 Å². The van der Waals surface area contributed by atoms with Crippen LogP contribution in [0.15, 0.2) is 18.5 Å². The van der Waals surface area contributed by atoms with Gasteiger partial charge in [0.2, 0.25) is 0 Å². The molecular formula is C13H18F3N3. The van der Waals surface area contributed by atoms with Crippen LogP contribution >= 0.6 is 0 Å². The summed E-state index contributed by atoms with van der Waals surface area (Å²) in [5, 5.41) is 3.36. The van der Waals surface area contributed by atoms with Gasteiger partial charge < -0.3 is 5.32 Å². The lowest BCUT2D eigenvalue weighted by Gasteiger charge is -2.33. The van der Waals surface area contributed by atoms with Crippen LogP contribution in [0.3, 0.4) is 0 Å². The molecule has 0 aliphatic carbocycles. The van der Waals surface area contributed by atoms with Gasteiger partial charge in [-0.25, -0.2) is 0 Å². The monoisotopic (exact) mass is 273 g/mol. The first-order chi connectivity index (χ1) is 8.94. The van der Waals surface area contributed by atoms with E-state index in [4.69, 9.17) is 0 Å². The number of piperidine rings is 1. The molecule has 1 aliphatic rings. The molecule has 0 atom stereocenters. The first-order valence-electron chi connectivity index (χ1n) is 6.40. The second kappa shape index (κ2) is 5.77. The van der Waals surface area contributed by atoms with Crippen molar-refractivity contribution in [2.45, 2.75) is 32.0 Å². The number of anilines is 1. The van der Waals surface area contributed by atoms with Crippen LogP contribution in [0.4, 0.5) is 18.9 Å². The molecule has 1 aliphatic heterocycles. The summed E-state index contributed by atoms with van der Waals surface area (Å²) >= 11 is 0. The van der Waals surface area contributed by atoms with Crippen LogP contribution < -0.4 is 5.32 Å². The number of aryl methyl sites for hydroxylation is 1. The summed E-state index contributed by atoms with van der Waals surface area (Å²) in [6, 6.07) is 2.15. The molecule has 6 heteroatoms. The first kappa shape index (κ1) is 14.1. The van der Waals surface area contributed by atoms with Gasteiger partial charge in [0.1, 0.15) is 0 Å². The van der Waals surface area contributed by atoms with Gasteiger partial charge in [-0.1, -0.05) is 0 Å². The quantitative estimate of drug-likeness (QED) is 0.918. The predicted octanol–water partition coefficient (Wildman–Crippen LogP) is 2.83. The lowest BCUT2D eigenvalue weighted by atomic mass is 10.0. The van der Waals surface area contributed by atoms with Gasteiger partial charge in [0.25, 0.3) is 0 Å². The molecule has 1 saturated heterocycles. The van der Waals surface area contributed by atoms with Crippen LogP contribution in [-0.4, -0.2) is 41.7 Å². The number of hydrogen-bond donors (Lipinski definition) is 1. The molecule has 19 heavy (non-hydrogen) atoms. The Labute approximate surface area is 110 Å². The molecular weight excluding hydrogens is 255 g/mol. The minimum Gasteiger partial charge on any atom is -0.381 e. The average Bonchev–Trinajstić information content (AvgIpc) is 2.33. The van der Waals surface area contributed by atoms with Crippen molar-refractivity contribution in [1.29, 1.82) is 0 Å². The second-order valence-corrected chi connectivity index (χ2v) is 5.00. The summed E-state index contributed by atoms with van der Waals surface area (Å²) in [5.41, 5.74) is 2.07. The molecule has 0 amide bonds. The number of pyridine rings is 1. The van der Waals surface area contributed by atoms with Crippen molar-refractivity contribution in [1.82, 2.24) is 9.88 Å². The molecule has 0 aromatic carbocycles. The Hall–Kier alpha value is -1.30. The number of nitrogens with one attached hydrogen (secondary N) is 1. The summed E-state index contributed by atoms with van der Waals surface area (Å²) < 4.78 is 36.8. The van der Waals surface area contributed by atoms with E-state index in [1.54, 1.807) is 12.4 Å². The maximum Gasteiger partial charge on any atom is 0.401 e. The molecule has 106 valence electrons. The highest BCUT2D eigenvalue weighted by molar-refractivity contribution is 5.48. The summed E-state index contributed by atoms with van der Waals surface area (Å²) in [6.45, 7) is 2.15. The molecule has 0 bridgehead atoms. The van der Waals surface area contributed by atoms with Gasteiger partial charge in [-0.05, 0) is 31.4 Å². The highest BCUT2D eigenvalue weighted by Gasteiger charge is 2.32. The van der Waals surface area contributed by atoms with Gasteiger partial charge in [-0.3, -0.25) is 9.88 Å². The largest absolute Gasteiger partial charge is 0.401 e. The van der Waals surface area contributed by atoms with E-state index in [0.717, 1.165) is 24.1 Å². The third-order valence-corrected chi connectivity index (χ3v) is 3.39. The number of aromatic nitrogens is 1. The highest BCUT2D eigenvalue weighted by atomic mass is 19.4. The van der Waals surface area contributed by atoms with E-state index in [0.29, 0.717) is 13.1 Å². The Morgan fingerprint density at radius 3 is 2.63 bits per heavy atom. The smallest absolute Gasteiger partial charge is 0.381 e. The molecule has 3 nitrogen and oxygen atoms in total. The van der Waals surface area contributed by atoms with Crippen LogP contribution in [0, 0.1) is 6.92 Å². The number of alkyl halides is 3. The molecule has 1 aromatic rings. The fraction of sp³-hybridized carbons (Fsp3) is 0.615. The van der Waals surface area contributed by atoms with E-state index in [1.807, 2.05) is 13.0 Å². The molecule has 0 radical (unpaired) electrons. The van der Waals surface area contributed by atoms with Crippen LogP contribution in [0.25, 0.3) is 0 Å². The number of hydrogen-bond acceptors (Lipinski definition) is 3. The van der Waals surface area contributed by atoms with Crippen molar-refractivity contribution in [2.75, 3.05) is 25.0 Å². The van der Waals surface area contributed by atoms with Crippen molar-refractivity contribution in [3.63, 3.8) is 0 Å². The Bertz CT molecular complexity index is 412. The Morgan fingerprint density at radius 2 is 2.05 bits per heavy atom. The SMILES string of the molecule is Cc1ccncc1NC1CCN(CC(F)(F)F)CC1. The fourth-order valence-electron chi connectivity index (χ4n) is 2.32. The number of nitrogens with zero attached hydrogens (tertiary/aromatic N) is 2. The molecule has 0 spiro atoms. The molecule has 2 heterocycles. The highest BCUT2D eigenvalue weighted by Crippen LogP contribution is 2.22. The van der Waals surface area contributed by atoms with Crippen molar-refractivity contribution in [2.24, 2.45) is 0 Å². The van der Waals surface area contributed by atoms with Crippen LogP contribution in [-0.2, 0) is 0 Å². The van der Waals surface area contributed by atoms with E-state index in [9.17, 15) is 13.2 Å². The molecule has 1 aromatic heterocycles. The Morgan fingerprint density at radius 1 is 1.37 bits per heavy atom. The zero-order valence-electron chi connectivity index (χ0n) is 10.9. The Kier molecular flexibility index (Phi) is 4.29. The zero-order valence-corrected chi connectivity index (χ0v) is 10.9. The van der Waals surface area contributed by atoms with Gasteiger partial charge in [0.15, 0.2) is 0 Å². The minimum atomic E-state index is -4.10. The maximum atomic E-state index is 12.3. The van der Waals surface area contributed by atoms with Crippen molar-refractivity contribution < 1.29 is 13.2 Å². The molecule has 0 unspecified atom stereocenters. The third kappa shape index (κ3) is 4.38. The molecule has 0 saturated carbocycles. The molecule has 2 rings (SSSR count). The zero-order chi connectivity index (χ0) is 13.9. The maximum absolute atomic E-state index is 12.3. The predicted molar refractivity (Wildman–Crippen MR) is 68.1 cm³/mol. The van der Waals surface area contributed by atoms with Gasteiger partial charge in [0.05, 0.1) is 18.4 Å². The average molecular weight is 273 g/mol. The van der Waals surface area contributed by atoms with Crippen LogP contribution in [0.5, 0.6) is 0 Å². The van der Waals surface area contributed by atoms with Gasteiger partial charge in [0, 0.05) is 25.3 Å². The summed E-state index contributed by atoms with van der Waals surface area (Å²) in [5.74, 6) is 0. The van der Waals surface area contributed by atoms with Crippen molar-refractivity contribution >= 4 is 5.69 Å². The second-order valence-electron chi connectivity index (χ2n) is 5.00. The van der Waals surface area contributed by atoms with Crippen molar-refractivity contribution in [3.8, 4) is 0 Å². The van der Waals surface area contributed by atoms with Gasteiger partial charge in [-0.2, -0.15) is 13.2 Å². The number of likely N-dealkylation sites (tertiary alicyclic amines) is 1. The topological polar surface area (TPSA) is 28.2 Å². The van der Waals surface area contributed by atoms with Gasteiger partial charge >= 0.3 is 6.18 Å². The Balaban J connectivity index is 1.82. The van der Waals surface area contributed by atoms with E-state index in [2.05, 4.69) is 10.3 Å². The van der Waals surface area contributed by atoms with Crippen LogP contribution in [0.1, 0.15) is 18.4 Å². The minimum absolute atomic E-state index is 0.229.